The summed E-state index contributed by atoms with van der Waals surface area (Å²) in [4.78, 5) is 33.4. The Kier molecular flexibility index (Phi) is 7.24. The highest BCUT2D eigenvalue weighted by Crippen LogP contribution is 2.22. The molecule has 1 aliphatic heterocycles. The van der Waals surface area contributed by atoms with Crippen molar-refractivity contribution < 1.29 is 23.1 Å². The number of methoxy groups -OCH3 is 1. The monoisotopic (exact) mass is 480 g/mol. The molecule has 0 atom stereocenters. The van der Waals surface area contributed by atoms with Crippen molar-refractivity contribution >= 4 is 17.6 Å². The lowest BCUT2D eigenvalue weighted by Gasteiger charge is -2.36. The third-order valence-corrected chi connectivity index (χ3v) is 6.01. The van der Waals surface area contributed by atoms with Crippen molar-refractivity contribution in [1.29, 1.82) is 0 Å². The topological polar surface area (TPSA) is 74.8 Å². The van der Waals surface area contributed by atoms with Crippen molar-refractivity contribution in [3.05, 3.63) is 88.6 Å². The number of aromatic nitrogens is 1. The van der Waals surface area contributed by atoms with Gasteiger partial charge in [-0.1, -0.05) is 18.2 Å². The van der Waals surface area contributed by atoms with E-state index in [2.05, 4.69) is 10.3 Å². The van der Waals surface area contributed by atoms with Crippen LogP contribution in [0.3, 0.4) is 0 Å². The van der Waals surface area contributed by atoms with Gasteiger partial charge < -0.3 is 19.9 Å². The van der Waals surface area contributed by atoms with Gasteiger partial charge in [-0.15, -0.1) is 0 Å². The zero-order valence-electron chi connectivity index (χ0n) is 19.6. The molecule has 2 heterocycles. The van der Waals surface area contributed by atoms with Crippen molar-refractivity contribution in [3.63, 3.8) is 0 Å². The van der Waals surface area contributed by atoms with Crippen LogP contribution in [-0.4, -0.2) is 55.0 Å². The fourth-order valence-electron chi connectivity index (χ4n) is 3.98. The van der Waals surface area contributed by atoms with Gasteiger partial charge in [-0.2, -0.15) is 0 Å². The minimum absolute atomic E-state index is 0.215. The van der Waals surface area contributed by atoms with Gasteiger partial charge in [0.1, 0.15) is 28.8 Å². The lowest BCUT2D eigenvalue weighted by atomic mass is 10.1. The van der Waals surface area contributed by atoms with Crippen LogP contribution in [-0.2, 0) is 6.54 Å². The summed E-state index contributed by atoms with van der Waals surface area (Å²) < 4.78 is 33.8. The normalized spacial score (nSPS) is 13.5. The molecular weight excluding hydrogens is 454 g/mol. The minimum Gasteiger partial charge on any atom is -0.497 e. The summed E-state index contributed by atoms with van der Waals surface area (Å²) in [5.74, 6) is -1.42. The fraction of sp³-hybridized carbons (Fsp3) is 0.269. The predicted molar refractivity (Wildman–Crippen MR) is 128 cm³/mol. The molecular formula is C26H26F2N4O3. The second-order valence-electron chi connectivity index (χ2n) is 8.24. The number of carbonyl (C=O) groups is 2. The molecule has 4 rings (SSSR count). The van der Waals surface area contributed by atoms with E-state index in [1.807, 2.05) is 29.2 Å². The maximum Gasteiger partial charge on any atom is 0.259 e. The number of ether oxygens (including phenoxy) is 1. The molecule has 1 fully saturated rings. The standard InChI is InChI=1S/C26H26F2N4O3/c1-17-5-10-21(27)22(23(17)28)26(34)32-14-12-31(13-15-32)24-20(4-3-11-29-24)25(33)30-16-18-6-8-19(35-2)9-7-18/h3-11H,12-16H2,1-2H3,(H,30,33). The summed E-state index contributed by atoms with van der Waals surface area (Å²) in [6.45, 7) is 3.07. The third-order valence-electron chi connectivity index (χ3n) is 6.01. The van der Waals surface area contributed by atoms with Crippen molar-refractivity contribution in [2.24, 2.45) is 0 Å². The molecule has 1 saturated heterocycles. The number of pyridine rings is 1. The number of rotatable bonds is 6. The molecule has 1 N–H and O–H groups in total. The molecule has 182 valence electrons. The number of piperazine rings is 1. The highest BCUT2D eigenvalue weighted by molar-refractivity contribution is 5.99. The van der Waals surface area contributed by atoms with Gasteiger partial charge in [0.25, 0.3) is 11.8 Å². The molecule has 35 heavy (non-hydrogen) atoms. The van der Waals surface area contributed by atoms with Crippen LogP contribution in [0.2, 0.25) is 0 Å². The van der Waals surface area contributed by atoms with Gasteiger partial charge in [-0.25, -0.2) is 13.8 Å². The summed E-state index contributed by atoms with van der Waals surface area (Å²) in [7, 11) is 1.59. The summed E-state index contributed by atoms with van der Waals surface area (Å²) in [6.07, 6.45) is 1.60. The number of halogens is 2. The van der Waals surface area contributed by atoms with E-state index in [0.717, 1.165) is 17.4 Å². The smallest absolute Gasteiger partial charge is 0.259 e. The zero-order chi connectivity index (χ0) is 24.9. The van der Waals surface area contributed by atoms with Crippen molar-refractivity contribution in [2.75, 3.05) is 38.2 Å². The molecule has 2 aromatic carbocycles. The van der Waals surface area contributed by atoms with Gasteiger partial charge in [0.05, 0.1) is 12.7 Å². The lowest BCUT2D eigenvalue weighted by molar-refractivity contribution is 0.0735. The van der Waals surface area contributed by atoms with Crippen LogP contribution >= 0.6 is 0 Å². The second kappa shape index (κ2) is 10.5. The third kappa shape index (κ3) is 5.24. The Bertz CT molecular complexity index is 1230. The summed E-state index contributed by atoms with van der Waals surface area (Å²) >= 11 is 0. The Morgan fingerprint density at radius 2 is 1.74 bits per heavy atom. The molecule has 0 aliphatic carbocycles. The quantitative estimate of drug-likeness (QED) is 0.584. The Morgan fingerprint density at radius 3 is 2.43 bits per heavy atom. The Hall–Kier alpha value is -4.01. The summed E-state index contributed by atoms with van der Waals surface area (Å²) in [6, 6.07) is 13.2. The van der Waals surface area contributed by atoms with E-state index in [1.54, 1.807) is 25.4 Å². The number of amides is 2. The number of anilines is 1. The van der Waals surface area contributed by atoms with Crippen LogP contribution < -0.4 is 15.0 Å². The average molecular weight is 481 g/mol. The number of carbonyl (C=O) groups excluding carboxylic acids is 2. The summed E-state index contributed by atoms with van der Waals surface area (Å²) in [5.41, 5.74) is 1.02. The fourth-order valence-corrected chi connectivity index (χ4v) is 3.98. The first-order chi connectivity index (χ1) is 16.9. The van der Waals surface area contributed by atoms with E-state index in [9.17, 15) is 18.4 Å². The molecule has 2 amide bonds. The number of aryl methyl sites for hydroxylation is 1. The Labute approximate surface area is 202 Å². The van der Waals surface area contributed by atoms with Gasteiger partial charge in [-0.3, -0.25) is 9.59 Å². The van der Waals surface area contributed by atoms with Gasteiger partial charge in [0.2, 0.25) is 0 Å². The van der Waals surface area contributed by atoms with E-state index in [0.29, 0.717) is 31.0 Å². The molecule has 3 aromatic rings. The summed E-state index contributed by atoms with van der Waals surface area (Å²) in [5, 5.41) is 2.90. The van der Waals surface area contributed by atoms with Gasteiger partial charge in [0, 0.05) is 38.9 Å². The molecule has 7 nitrogen and oxygen atoms in total. The van der Waals surface area contributed by atoms with Crippen molar-refractivity contribution in [1.82, 2.24) is 15.2 Å². The number of hydrogen-bond donors (Lipinski definition) is 1. The minimum atomic E-state index is -0.874. The molecule has 0 unspecified atom stereocenters. The van der Waals surface area contributed by atoms with Gasteiger partial charge in [-0.05, 0) is 48.4 Å². The molecule has 1 aromatic heterocycles. The molecule has 0 radical (unpaired) electrons. The molecule has 0 bridgehead atoms. The van der Waals surface area contributed by atoms with Crippen LogP contribution in [0.25, 0.3) is 0 Å². The maximum absolute atomic E-state index is 14.4. The highest BCUT2D eigenvalue weighted by atomic mass is 19.1. The lowest BCUT2D eigenvalue weighted by Crippen LogP contribution is -2.49. The first-order valence-electron chi connectivity index (χ1n) is 11.2. The van der Waals surface area contributed by atoms with E-state index < -0.39 is 23.1 Å². The van der Waals surface area contributed by atoms with E-state index in [-0.39, 0.29) is 24.6 Å². The largest absolute Gasteiger partial charge is 0.497 e. The van der Waals surface area contributed by atoms with Crippen LogP contribution in [0.1, 0.15) is 31.8 Å². The van der Waals surface area contributed by atoms with Gasteiger partial charge in [0.15, 0.2) is 0 Å². The van der Waals surface area contributed by atoms with Crippen LogP contribution in [0.15, 0.2) is 54.7 Å². The second-order valence-corrected chi connectivity index (χ2v) is 8.24. The highest BCUT2D eigenvalue weighted by Gasteiger charge is 2.29. The molecule has 0 saturated carbocycles. The number of hydrogen-bond acceptors (Lipinski definition) is 5. The Balaban J connectivity index is 1.42. The van der Waals surface area contributed by atoms with Crippen LogP contribution in [0.5, 0.6) is 5.75 Å². The SMILES string of the molecule is COc1ccc(CNC(=O)c2cccnc2N2CCN(C(=O)c3c(F)ccc(C)c3F)CC2)cc1. The number of nitrogens with zero attached hydrogens (tertiary/aromatic N) is 3. The first-order valence-corrected chi connectivity index (χ1v) is 11.2. The van der Waals surface area contributed by atoms with Crippen LogP contribution in [0.4, 0.5) is 14.6 Å². The number of benzene rings is 2. The maximum atomic E-state index is 14.4. The zero-order valence-corrected chi connectivity index (χ0v) is 19.6. The first kappa shape index (κ1) is 24.1. The van der Waals surface area contributed by atoms with E-state index >= 15 is 0 Å². The average Bonchev–Trinajstić information content (AvgIpc) is 2.90. The molecule has 1 aliphatic rings. The van der Waals surface area contributed by atoms with Crippen molar-refractivity contribution in [3.8, 4) is 5.75 Å². The molecule has 9 heteroatoms. The van der Waals surface area contributed by atoms with Crippen molar-refractivity contribution in [2.45, 2.75) is 13.5 Å². The molecule has 0 spiro atoms. The van der Waals surface area contributed by atoms with Crippen LogP contribution in [0, 0.1) is 18.6 Å². The predicted octanol–water partition coefficient (Wildman–Crippen LogP) is 3.57. The van der Waals surface area contributed by atoms with Gasteiger partial charge >= 0.3 is 0 Å². The van der Waals surface area contributed by atoms with E-state index in [1.165, 1.54) is 17.9 Å². The number of nitrogens with one attached hydrogen (secondary N) is 1. The van der Waals surface area contributed by atoms with E-state index in [4.69, 9.17) is 4.74 Å². The Morgan fingerprint density at radius 1 is 1.03 bits per heavy atom.